The first-order chi connectivity index (χ1) is 8.69. The molecular formula is C14H13N3O. The van der Waals surface area contributed by atoms with E-state index >= 15 is 0 Å². The standard InChI is InChI=1S/C14H13N3O/c1-10(2)11-4-3-5-13(6-11)18-14-9-16-12(7-15)8-17-14/h3-6,8-10H,1-2H3. The fourth-order valence-electron chi connectivity index (χ4n) is 1.48. The second-order valence-electron chi connectivity index (χ2n) is 4.18. The van der Waals surface area contributed by atoms with Crippen LogP contribution in [0, 0.1) is 11.3 Å². The maximum atomic E-state index is 8.62. The first-order valence-electron chi connectivity index (χ1n) is 5.69. The van der Waals surface area contributed by atoms with E-state index in [4.69, 9.17) is 10.00 Å². The third-order valence-electron chi connectivity index (χ3n) is 2.49. The average molecular weight is 239 g/mol. The van der Waals surface area contributed by atoms with Gasteiger partial charge in [0.2, 0.25) is 5.88 Å². The fraction of sp³-hybridized carbons (Fsp3) is 0.214. The molecule has 18 heavy (non-hydrogen) atoms. The van der Waals surface area contributed by atoms with Crippen molar-refractivity contribution in [1.82, 2.24) is 9.97 Å². The summed E-state index contributed by atoms with van der Waals surface area (Å²) >= 11 is 0. The molecule has 1 aromatic carbocycles. The Morgan fingerprint density at radius 2 is 2.06 bits per heavy atom. The van der Waals surface area contributed by atoms with Gasteiger partial charge in [-0.15, -0.1) is 0 Å². The summed E-state index contributed by atoms with van der Waals surface area (Å²) in [6, 6.07) is 9.76. The zero-order chi connectivity index (χ0) is 13.0. The minimum atomic E-state index is 0.276. The van der Waals surface area contributed by atoms with Gasteiger partial charge in [-0.2, -0.15) is 5.26 Å². The SMILES string of the molecule is CC(C)c1cccc(Oc2cnc(C#N)cn2)c1. The normalized spacial score (nSPS) is 10.1. The molecule has 0 unspecified atom stereocenters. The molecular weight excluding hydrogens is 226 g/mol. The van der Waals surface area contributed by atoms with E-state index in [1.807, 2.05) is 24.3 Å². The summed E-state index contributed by atoms with van der Waals surface area (Å²) in [7, 11) is 0. The molecule has 2 rings (SSSR count). The van der Waals surface area contributed by atoms with Gasteiger partial charge in [0, 0.05) is 0 Å². The summed E-state index contributed by atoms with van der Waals surface area (Å²) in [6.07, 6.45) is 2.84. The molecule has 1 heterocycles. The Kier molecular flexibility index (Phi) is 3.54. The number of hydrogen-bond donors (Lipinski definition) is 0. The molecule has 0 aliphatic heterocycles. The van der Waals surface area contributed by atoms with Crippen molar-refractivity contribution in [3.63, 3.8) is 0 Å². The molecule has 0 fully saturated rings. The highest BCUT2D eigenvalue weighted by Gasteiger charge is 2.03. The lowest BCUT2D eigenvalue weighted by atomic mass is 10.0. The van der Waals surface area contributed by atoms with Crippen LogP contribution in [0.1, 0.15) is 31.0 Å². The van der Waals surface area contributed by atoms with Gasteiger partial charge in [0.1, 0.15) is 11.8 Å². The molecule has 4 nitrogen and oxygen atoms in total. The van der Waals surface area contributed by atoms with Gasteiger partial charge >= 0.3 is 0 Å². The lowest BCUT2D eigenvalue weighted by molar-refractivity contribution is 0.459. The van der Waals surface area contributed by atoms with Crippen LogP contribution in [0.15, 0.2) is 36.7 Å². The van der Waals surface area contributed by atoms with E-state index in [1.165, 1.54) is 18.0 Å². The van der Waals surface area contributed by atoms with Crippen LogP contribution in [0.25, 0.3) is 0 Å². The maximum Gasteiger partial charge on any atom is 0.237 e. The summed E-state index contributed by atoms with van der Waals surface area (Å²) in [4.78, 5) is 7.91. The van der Waals surface area contributed by atoms with Crippen LogP contribution in [0.2, 0.25) is 0 Å². The molecule has 0 radical (unpaired) electrons. The lowest BCUT2D eigenvalue weighted by Crippen LogP contribution is -1.92. The molecule has 0 saturated heterocycles. The number of nitriles is 1. The van der Waals surface area contributed by atoms with Crippen LogP contribution in [0.5, 0.6) is 11.6 Å². The molecule has 0 aliphatic carbocycles. The second-order valence-corrected chi connectivity index (χ2v) is 4.18. The highest BCUT2D eigenvalue weighted by molar-refractivity contribution is 5.32. The van der Waals surface area contributed by atoms with E-state index in [1.54, 1.807) is 0 Å². The van der Waals surface area contributed by atoms with E-state index in [0.29, 0.717) is 11.8 Å². The molecule has 0 atom stereocenters. The smallest absolute Gasteiger partial charge is 0.237 e. The van der Waals surface area contributed by atoms with Crippen molar-refractivity contribution in [1.29, 1.82) is 5.26 Å². The number of aromatic nitrogens is 2. The van der Waals surface area contributed by atoms with Gasteiger partial charge in [0.15, 0.2) is 5.69 Å². The second kappa shape index (κ2) is 5.28. The molecule has 0 saturated carbocycles. The van der Waals surface area contributed by atoms with Crippen LogP contribution in [0.3, 0.4) is 0 Å². The van der Waals surface area contributed by atoms with E-state index in [-0.39, 0.29) is 5.69 Å². The third kappa shape index (κ3) is 2.83. The Morgan fingerprint density at radius 3 is 2.67 bits per heavy atom. The quantitative estimate of drug-likeness (QED) is 0.824. The molecule has 0 N–H and O–H groups in total. The molecule has 0 spiro atoms. The molecule has 0 aliphatic rings. The zero-order valence-electron chi connectivity index (χ0n) is 10.3. The predicted molar refractivity (Wildman–Crippen MR) is 67.4 cm³/mol. The fourth-order valence-corrected chi connectivity index (χ4v) is 1.48. The Hall–Kier alpha value is -2.41. The summed E-state index contributed by atoms with van der Waals surface area (Å²) in [6.45, 7) is 4.25. The Bertz CT molecular complexity index is 570. The third-order valence-corrected chi connectivity index (χ3v) is 2.49. The van der Waals surface area contributed by atoms with Gasteiger partial charge < -0.3 is 4.74 Å². The first kappa shape index (κ1) is 12.1. The predicted octanol–water partition coefficient (Wildman–Crippen LogP) is 3.26. The number of ether oxygens (including phenoxy) is 1. The maximum absolute atomic E-state index is 8.62. The van der Waals surface area contributed by atoms with Crippen molar-refractivity contribution < 1.29 is 4.74 Å². The van der Waals surface area contributed by atoms with Gasteiger partial charge in [-0.3, -0.25) is 0 Å². The number of nitrogens with zero attached hydrogens (tertiary/aromatic N) is 3. The van der Waals surface area contributed by atoms with Gasteiger partial charge in [-0.25, -0.2) is 9.97 Å². The van der Waals surface area contributed by atoms with Crippen molar-refractivity contribution in [2.45, 2.75) is 19.8 Å². The molecule has 0 amide bonds. The van der Waals surface area contributed by atoms with E-state index in [2.05, 4.69) is 29.9 Å². The van der Waals surface area contributed by atoms with Crippen molar-refractivity contribution in [3.8, 4) is 17.7 Å². The van der Waals surface area contributed by atoms with E-state index in [0.717, 1.165) is 5.75 Å². The van der Waals surface area contributed by atoms with Gasteiger partial charge in [0.25, 0.3) is 0 Å². The minimum Gasteiger partial charge on any atom is -0.437 e. The van der Waals surface area contributed by atoms with Gasteiger partial charge in [0.05, 0.1) is 12.4 Å². The van der Waals surface area contributed by atoms with Crippen molar-refractivity contribution >= 4 is 0 Å². The largest absolute Gasteiger partial charge is 0.437 e. The monoisotopic (exact) mass is 239 g/mol. The van der Waals surface area contributed by atoms with Crippen molar-refractivity contribution in [2.75, 3.05) is 0 Å². The number of rotatable bonds is 3. The average Bonchev–Trinajstić information content (AvgIpc) is 2.40. The molecule has 1 aromatic heterocycles. The lowest BCUT2D eigenvalue weighted by Gasteiger charge is -2.08. The number of benzene rings is 1. The summed E-state index contributed by atoms with van der Waals surface area (Å²) in [5, 5.41) is 8.62. The highest BCUT2D eigenvalue weighted by atomic mass is 16.5. The molecule has 4 heteroatoms. The number of hydrogen-bond acceptors (Lipinski definition) is 4. The van der Waals surface area contributed by atoms with Crippen LogP contribution < -0.4 is 4.74 Å². The van der Waals surface area contributed by atoms with E-state index in [9.17, 15) is 0 Å². The molecule has 90 valence electrons. The molecule has 0 bridgehead atoms. The first-order valence-corrected chi connectivity index (χ1v) is 5.69. The Balaban J connectivity index is 2.18. The summed E-state index contributed by atoms with van der Waals surface area (Å²) in [5.74, 6) is 1.55. The topological polar surface area (TPSA) is 58.8 Å². The summed E-state index contributed by atoms with van der Waals surface area (Å²) in [5.41, 5.74) is 1.48. The van der Waals surface area contributed by atoms with Crippen LogP contribution in [0.4, 0.5) is 0 Å². The van der Waals surface area contributed by atoms with Crippen LogP contribution in [-0.2, 0) is 0 Å². The zero-order valence-corrected chi connectivity index (χ0v) is 10.3. The summed E-state index contributed by atoms with van der Waals surface area (Å²) < 4.78 is 5.59. The van der Waals surface area contributed by atoms with Crippen LogP contribution >= 0.6 is 0 Å². The van der Waals surface area contributed by atoms with Crippen molar-refractivity contribution in [3.05, 3.63) is 47.9 Å². The van der Waals surface area contributed by atoms with Crippen LogP contribution in [-0.4, -0.2) is 9.97 Å². The van der Waals surface area contributed by atoms with E-state index < -0.39 is 0 Å². The van der Waals surface area contributed by atoms with Gasteiger partial charge in [-0.1, -0.05) is 26.0 Å². The Labute approximate surface area is 106 Å². The minimum absolute atomic E-state index is 0.276. The van der Waals surface area contributed by atoms with Crippen molar-refractivity contribution in [2.24, 2.45) is 0 Å². The Morgan fingerprint density at radius 1 is 1.22 bits per heavy atom. The highest BCUT2D eigenvalue weighted by Crippen LogP contribution is 2.23. The van der Waals surface area contributed by atoms with Gasteiger partial charge in [-0.05, 0) is 23.6 Å². The molecule has 2 aromatic rings.